The van der Waals surface area contributed by atoms with Gasteiger partial charge in [-0.15, -0.1) is 0 Å². The van der Waals surface area contributed by atoms with E-state index in [0.29, 0.717) is 22.3 Å². The Bertz CT molecular complexity index is 679. The molecule has 1 aromatic heterocycles. The van der Waals surface area contributed by atoms with E-state index < -0.39 is 0 Å². The van der Waals surface area contributed by atoms with E-state index in [1.807, 2.05) is 23.0 Å². The van der Waals surface area contributed by atoms with Crippen molar-refractivity contribution in [3.63, 3.8) is 0 Å². The average molecular weight is 368 g/mol. The SMILES string of the molecule is CC1CN(CCCc2ccn(-c3ccc(Cl)cc3Cl)n2)CC(C)O1. The van der Waals surface area contributed by atoms with Crippen molar-refractivity contribution in [1.82, 2.24) is 14.7 Å². The Kier molecular flexibility index (Phi) is 5.82. The smallest absolute Gasteiger partial charge is 0.0832 e. The highest BCUT2D eigenvalue weighted by Crippen LogP contribution is 2.24. The van der Waals surface area contributed by atoms with Gasteiger partial charge in [-0.1, -0.05) is 23.2 Å². The Labute approximate surface area is 153 Å². The summed E-state index contributed by atoms with van der Waals surface area (Å²) < 4.78 is 7.59. The molecular formula is C18H23Cl2N3O. The van der Waals surface area contributed by atoms with Gasteiger partial charge >= 0.3 is 0 Å². The molecule has 130 valence electrons. The van der Waals surface area contributed by atoms with Gasteiger partial charge in [0.05, 0.1) is 28.6 Å². The summed E-state index contributed by atoms with van der Waals surface area (Å²) in [7, 11) is 0. The molecule has 2 aromatic rings. The fourth-order valence-corrected chi connectivity index (χ4v) is 3.74. The molecule has 1 aliphatic heterocycles. The Morgan fingerprint density at radius 1 is 1.17 bits per heavy atom. The molecule has 0 bridgehead atoms. The zero-order chi connectivity index (χ0) is 17.1. The summed E-state index contributed by atoms with van der Waals surface area (Å²) in [5, 5.41) is 5.86. The number of halogens is 2. The Hall–Kier alpha value is -1.07. The first kappa shape index (κ1) is 17.7. The van der Waals surface area contributed by atoms with E-state index >= 15 is 0 Å². The Morgan fingerprint density at radius 3 is 2.62 bits per heavy atom. The van der Waals surface area contributed by atoms with Crippen molar-refractivity contribution in [2.75, 3.05) is 19.6 Å². The normalized spacial score (nSPS) is 22.0. The number of hydrogen-bond donors (Lipinski definition) is 0. The van der Waals surface area contributed by atoms with E-state index in [2.05, 4.69) is 29.9 Å². The minimum Gasteiger partial charge on any atom is -0.373 e. The molecule has 2 unspecified atom stereocenters. The zero-order valence-corrected chi connectivity index (χ0v) is 15.6. The monoisotopic (exact) mass is 367 g/mol. The van der Waals surface area contributed by atoms with Gasteiger partial charge in [-0.25, -0.2) is 4.68 Å². The molecule has 3 rings (SSSR count). The molecule has 4 nitrogen and oxygen atoms in total. The zero-order valence-electron chi connectivity index (χ0n) is 14.1. The van der Waals surface area contributed by atoms with Crippen LogP contribution in [0.3, 0.4) is 0 Å². The molecule has 2 atom stereocenters. The van der Waals surface area contributed by atoms with Crippen molar-refractivity contribution in [3.05, 3.63) is 46.2 Å². The first-order valence-electron chi connectivity index (χ1n) is 8.39. The average Bonchev–Trinajstić information content (AvgIpc) is 2.95. The maximum absolute atomic E-state index is 6.24. The predicted molar refractivity (Wildman–Crippen MR) is 98.4 cm³/mol. The molecule has 0 N–H and O–H groups in total. The molecule has 1 fully saturated rings. The van der Waals surface area contributed by atoms with Crippen LogP contribution in [0.5, 0.6) is 0 Å². The van der Waals surface area contributed by atoms with Crippen molar-refractivity contribution in [2.45, 2.75) is 38.9 Å². The first-order chi connectivity index (χ1) is 11.5. The van der Waals surface area contributed by atoms with Crippen LogP contribution in [-0.4, -0.2) is 46.5 Å². The van der Waals surface area contributed by atoms with E-state index in [9.17, 15) is 0 Å². The van der Waals surface area contributed by atoms with E-state index in [4.69, 9.17) is 27.9 Å². The maximum atomic E-state index is 6.24. The van der Waals surface area contributed by atoms with Gasteiger partial charge < -0.3 is 4.74 Å². The number of ether oxygens (including phenoxy) is 1. The van der Waals surface area contributed by atoms with Crippen LogP contribution < -0.4 is 0 Å². The lowest BCUT2D eigenvalue weighted by atomic mass is 10.2. The van der Waals surface area contributed by atoms with Crippen LogP contribution in [0.2, 0.25) is 10.0 Å². The second kappa shape index (κ2) is 7.87. The van der Waals surface area contributed by atoms with E-state index in [1.165, 1.54) is 0 Å². The lowest BCUT2D eigenvalue weighted by Gasteiger charge is -2.35. The molecular weight excluding hydrogens is 345 g/mol. The third-order valence-corrected chi connectivity index (χ3v) is 4.74. The molecule has 0 spiro atoms. The fourth-order valence-electron chi connectivity index (χ4n) is 3.25. The number of rotatable bonds is 5. The molecule has 1 saturated heterocycles. The summed E-state index contributed by atoms with van der Waals surface area (Å²) in [5.74, 6) is 0. The van der Waals surface area contributed by atoms with Crippen LogP contribution in [0.1, 0.15) is 26.0 Å². The number of hydrogen-bond acceptors (Lipinski definition) is 3. The summed E-state index contributed by atoms with van der Waals surface area (Å²) in [6.45, 7) is 7.38. The molecule has 2 heterocycles. The van der Waals surface area contributed by atoms with Crippen LogP contribution >= 0.6 is 23.2 Å². The van der Waals surface area contributed by atoms with Gasteiger partial charge in [0.15, 0.2) is 0 Å². The highest BCUT2D eigenvalue weighted by atomic mass is 35.5. The number of aryl methyl sites for hydroxylation is 1. The van der Waals surface area contributed by atoms with Crippen LogP contribution in [0, 0.1) is 0 Å². The van der Waals surface area contributed by atoms with Crippen molar-refractivity contribution >= 4 is 23.2 Å². The lowest BCUT2D eigenvalue weighted by molar-refractivity contribution is -0.0680. The third-order valence-electron chi connectivity index (χ3n) is 4.20. The molecule has 24 heavy (non-hydrogen) atoms. The van der Waals surface area contributed by atoms with Gasteiger partial charge in [-0.05, 0) is 57.5 Å². The highest BCUT2D eigenvalue weighted by molar-refractivity contribution is 6.35. The molecule has 6 heteroatoms. The van der Waals surface area contributed by atoms with Crippen LogP contribution in [0.25, 0.3) is 5.69 Å². The predicted octanol–water partition coefficient (Wildman–Crippen LogP) is 4.22. The Balaban J connectivity index is 1.55. The summed E-state index contributed by atoms with van der Waals surface area (Å²) in [5.41, 5.74) is 1.93. The maximum Gasteiger partial charge on any atom is 0.0832 e. The van der Waals surface area contributed by atoms with Gasteiger partial charge in [-0.2, -0.15) is 5.10 Å². The molecule has 1 aromatic carbocycles. The third kappa shape index (κ3) is 4.51. The van der Waals surface area contributed by atoms with E-state index in [0.717, 1.165) is 43.9 Å². The minimum absolute atomic E-state index is 0.319. The standard InChI is InChI=1S/C18H23Cl2N3O/c1-13-11-22(12-14(2)24-13)8-3-4-16-7-9-23(21-16)18-6-5-15(19)10-17(18)20/h5-7,9-10,13-14H,3-4,8,11-12H2,1-2H3. The summed E-state index contributed by atoms with van der Waals surface area (Å²) in [6, 6.07) is 7.50. The summed E-state index contributed by atoms with van der Waals surface area (Å²) in [4.78, 5) is 2.48. The minimum atomic E-state index is 0.319. The number of morpholine rings is 1. The van der Waals surface area contributed by atoms with Crippen LogP contribution in [0.4, 0.5) is 0 Å². The van der Waals surface area contributed by atoms with Gasteiger partial charge in [0.25, 0.3) is 0 Å². The Morgan fingerprint density at radius 2 is 1.92 bits per heavy atom. The fraction of sp³-hybridized carbons (Fsp3) is 0.500. The first-order valence-corrected chi connectivity index (χ1v) is 9.14. The molecule has 1 aliphatic rings. The summed E-state index contributed by atoms with van der Waals surface area (Å²) >= 11 is 12.2. The molecule has 0 saturated carbocycles. The van der Waals surface area contributed by atoms with Crippen LogP contribution in [-0.2, 0) is 11.2 Å². The van der Waals surface area contributed by atoms with Crippen molar-refractivity contribution in [1.29, 1.82) is 0 Å². The van der Waals surface area contributed by atoms with Crippen molar-refractivity contribution < 1.29 is 4.74 Å². The van der Waals surface area contributed by atoms with Crippen LogP contribution in [0.15, 0.2) is 30.5 Å². The summed E-state index contributed by atoms with van der Waals surface area (Å²) in [6.07, 6.45) is 4.63. The quantitative estimate of drug-likeness (QED) is 0.792. The number of aromatic nitrogens is 2. The highest BCUT2D eigenvalue weighted by Gasteiger charge is 2.21. The van der Waals surface area contributed by atoms with E-state index in [1.54, 1.807) is 6.07 Å². The van der Waals surface area contributed by atoms with E-state index in [-0.39, 0.29) is 0 Å². The van der Waals surface area contributed by atoms with Crippen molar-refractivity contribution in [2.24, 2.45) is 0 Å². The largest absolute Gasteiger partial charge is 0.373 e. The van der Waals surface area contributed by atoms with Gasteiger partial charge in [0, 0.05) is 24.3 Å². The van der Waals surface area contributed by atoms with Gasteiger partial charge in [0.2, 0.25) is 0 Å². The second-order valence-electron chi connectivity index (χ2n) is 6.47. The second-order valence-corrected chi connectivity index (χ2v) is 7.31. The van der Waals surface area contributed by atoms with Gasteiger partial charge in [-0.3, -0.25) is 4.90 Å². The molecule has 0 radical (unpaired) electrons. The molecule has 0 aliphatic carbocycles. The topological polar surface area (TPSA) is 30.3 Å². The van der Waals surface area contributed by atoms with Gasteiger partial charge in [0.1, 0.15) is 0 Å². The lowest BCUT2D eigenvalue weighted by Crippen LogP contribution is -2.45. The number of benzene rings is 1. The number of nitrogens with zero attached hydrogens (tertiary/aromatic N) is 3. The van der Waals surface area contributed by atoms with Crippen molar-refractivity contribution in [3.8, 4) is 5.69 Å². The molecule has 0 amide bonds.